The highest BCUT2D eigenvalue weighted by Gasteiger charge is 2.50. The number of carbonyl (C=O) groups excluding carboxylic acids is 1. The van der Waals surface area contributed by atoms with Gasteiger partial charge in [0.15, 0.2) is 0 Å². The van der Waals surface area contributed by atoms with E-state index in [1.807, 2.05) is 0 Å². The Morgan fingerprint density at radius 1 is 1.48 bits per heavy atom. The van der Waals surface area contributed by atoms with E-state index in [9.17, 15) is 19.4 Å². The van der Waals surface area contributed by atoms with Crippen LogP contribution in [0.4, 0.5) is 4.39 Å². The van der Waals surface area contributed by atoms with Crippen LogP contribution in [0.3, 0.4) is 0 Å². The number of nitrogens with zero attached hydrogens (tertiary/aromatic N) is 1. The average molecular weight is 293 g/mol. The van der Waals surface area contributed by atoms with Crippen LogP contribution in [0.1, 0.15) is 24.8 Å². The summed E-state index contributed by atoms with van der Waals surface area (Å²) in [7, 11) is 0. The lowest BCUT2D eigenvalue weighted by Crippen LogP contribution is -2.34. The van der Waals surface area contributed by atoms with Gasteiger partial charge in [-0.05, 0) is 37.0 Å². The quantitative estimate of drug-likeness (QED) is 0.891. The molecule has 1 aliphatic carbocycles. The molecular weight excluding hydrogens is 273 g/mol. The molecule has 0 radical (unpaired) electrons. The van der Waals surface area contributed by atoms with Gasteiger partial charge in [-0.25, -0.2) is 4.39 Å². The summed E-state index contributed by atoms with van der Waals surface area (Å²) in [6, 6.07) is 3.64. The molecule has 1 saturated heterocycles. The van der Waals surface area contributed by atoms with Gasteiger partial charge in [0.05, 0.1) is 13.0 Å². The van der Waals surface area contributed by atoms with Gasteiger partial charge in [0.2, 0.25) is 5.91 Å². The van der Waals surface area contributed by atoms with Crippen molar-refractivity contribution in [2.45, 2.75) is 25.7 Å². The molecule has 1 aromatic carbocycles. The minimum atomic E-state index is -0.458. The number of fused-ring (bicyclic) bond motifs is 1. The zero-order valence-corrected chi connectivity index (χ0v) is 11.9. The first-order chi connectivity index (χ1) is 10.0. The van der Waals surface area contributed by atoms with E-state index in [0.717, 1.165) is 19.3 Å². The minimum Gasteiger partial charge on any atom is -0.508 e. The van der Waals surface area contributed by atoms with Crippen molar-refractivity contribution in [1.82, 2.24) is 4.90 Å². The molecule has 114 valence electrons. The molecule has 1 aromatic rings. The lowest BCUT2D eigenvalue weighted by molar-refractivity contribution is -0.130. The highest BCUT2D eigenvalue weighted by Crippen LogP contribution is 2.48. The third-order valence-electron chi connectivity index (χ3n) is 5.09. The SMILES string of the molecule is O=C(Cc1cc(F)ccc1O)N1C[C@@H]2CCC[C@]2(CO)C1. The van der Waals surface area contributed by atoms with Crippen LogP contribution in [0.25, 0.3) is 0 Å². The second-order valence-electron chi connectivity index (χ2n) is 6.33. The molecule has 1 aliphatic heterocycles. The van der Waals surface area contributed by atoms with Crippen LogP contribution in [-0.2, 0) is 11.2 Å². The first-order valence-corrected chi connectivity index (χ1v) is 7.40. The predicted molar refractivity (Wildman–Crippen MR) is 75.2 cm³/mol. The first kappa shape index (κ1) is 14.3. The molecule has 2 atom stereocenters. The molecule has 3 rings (SSSR count). The lowest BCUT2D eigenvalue weighted by atomic mass is 9.82. The summed E-state index contributed by atoms with van der Waals surface area (Å²) in [5.41, 5.74) is 0.176. The van der Waals surface area contributed by atoms with E-state index in [4.69, 9.17) is 0 Å². The zero-order chi connectivity index (χ0) is 15.0. The predicted octanol–water partition coefficient (Wildman–Crippen LogP) is 1.69. The van der Waals surface area contributed by atoms with Crippen LogP contribution in [0.5, 0.6) is 5.75 Å². The second-order valence-corrected chi connectivity index (χ2v) is 6.33. The maximum Gasteiger partial charge on any atom is 0.227 e. The van der Waals surface area contributed by atoms with E-state index in [1.165, 1.54) is 18.2 Å². The highest BCUT2D eigenvalue weighted by molar-refractivity contribution is 5.80. The number of aliphatic hydroxyl groups excluding tert-OH is 1. The van der Waals surface area contributed by atoms with Crippen molar-refractivity contribution >= 4 is 5.91 Å². The fraction of sp³-hybridized carbons (Fsp3) is 0.562. The molecule has 21 heavy (non-hydrogen) atoms. The molecule has 2 aliphatic rings. The van der Waals surface area contributed by atoms with Crippen molar-refractivity contribution in [2.24, 2.45) is 11.3 Å². The highest BCUT2D eigenvalue weighted by atomic mass is 19.1. The van der Waals surface area contributed by atoms with Gasteiger partial charge >= 0.3 is 0 Å². The van der Waals surface area contributed by atoms with E-state index in [2.05, 4.69) is 0 Å². The number of hydrogen-bond acceptors (Lipinski definition) is 3. The van der Waals surface area contributed by atoms with Crippen LogP contribution in [0.15, 0.2) is 18.2 Å². The topological polar surface area (TPSA) is 60.8 Å². The standard InChI is InChI=1S/C16H20FNO3/c17-13-3-4-14(20)11(6-13)7-15(21)18-8-12-2-1-5-16(12,9-18)10-19/h3-4,6,12,19-20H,1-2,5,7-10H2/t12-,16+/m0/s1. The molecule has 5 heteroatoms. The van der Waals surface area contributed by atoms with Crippen molar-refractivity contribution < 1.29 is 19.4 Å². The normalized spacial score (nSPS) is 27.9. The molecule has 2 N–H and O–H groups in total. The largest absolute Gasteiger partial charge is 0.508 e. The number of benzene rings is 1. The van der Waals surface area contributed by atoms with Crippen LogP contribution < -0.4 is 0 Å². The molecule has 1 saturated carbocycles. The molecule has 0 aromatic heterocycles. The van der Waals surface area contributed by atoms with Crippen molar-refractivity contribution in [2.75, 3.05) is 19.7 Å². The Bertz CT molecular complexity index is 562. The summed E-state index contributed by atoms with van der Waals surface area (Å²) >= 11 is 0. The molecule has 1 heterocycles. The summed E-state index contributed by atoms with van der Waals surface area (Å²) < 4.78 is 13.2. The Hall–Kier alpha value is -1.62. The number of amides is 1. The molecule has 0 spiro atoms. The van der Waals surface area contributed by atoms with Crippen molar-refractivity contribution in [3.63, 3.8) is 0 Å². The van der Waals surface area contributed by atoms with E-state index < -0.39 is 5.82 Å². The summed E-state index contributed by atoms with van der Waals surface area (Å²) in [5.74, 6) is -0.257. The van der Waals surface area contributed by atoms with Gasteiger partial charge < -0.3 is 15.1 Å². The minimum absolute atomic E-state index is 0.00216. The molecule has 0 bridgehead atoms. The van der Waals surface area contributed by atoms with E-state index in [1.54, 1.807) is 4.90 Å². The van der Waals surface area contributed by atoms with Crippen molar-refractivity contribution in [3.05, 3.63) is 29.6 Å². The Balaban J connectivity index is 1.71. The smallest absolute Gasteiger partial charge is 0.227 e. The summed E-state index contributed by atoms with van der Waals surface area (Å²) in [6.07, 6.45) is 3.12. The number of carbonyl (C=O) groups is 1. The Morgan fingerprint density at radius 3 is 3.00 bits per heavy atom. The monoisotopic (exact) mass is 293 g/mol. The number of phenolic OH excluding ortho intramolecular Hbond substituents is 1. The van der Waals surface area contributed by atoms with Crippen molar-refractivity contribution in [1.29, 1.82) is 0 Å². The third kappa shape index (κ3) is 2.50. The number of halogens is 1. The summed E-state index contributed by atoms with van der Waals surface area (Å²) in [4.78, 5) is 14.1. The third-order valence-corrected chi connectivity index (χ3v) is 5.09. The number of rotatable bonds is 3. The first-order valence-electron chi connectivity index (χ1n) is 7.40. The Kier molecular flexibility index (Phi) is 3.61. The molecule has 1 amide bonds. The zero-order valence-electron chi connectivity index (χ0n) is 11.9. The van der Waals surface area contributed by atoms with Gasteiger partial charge in [-0.3, -0.25) is 4.79 Å². The van der Waals surface area contributed by atoms with Gasteiger partial charge in [0.25, 0.3) is 0 Å². The maximum absolute atomic E-state index is 13.2. The van der Waals surface area contributed by atoms with E-state index in [-0.39, 0.29) is 30.1 Å². The lowest BCUT2D eigenvalue weighted by Gasteiger charge is -2.25. The fourth-order valence-corrected chi connectivity index (χ4v) is 3.83. The van der Waals surface area contributed by atoms with Gasteiger partial charge in [-0.15, -0.1) is 0 Å². The molecule has 0 unspecified atom stereocenters. The number of hydrogen-bond donors (Lipinski definition) is 2. The van der Waals surface area contributed by atoms with Crippen LogP contribution in [0.2, 0.25) is 0 Å². The number of likely N-dealkylation sites (tertiary alicyclic amines) is 1. The van der Waals surface area contributed by atoms with Crippen LogP contribution in [0, 0.1) is 17.2 Å². The average Bonchev–Trinajstić information content (AvgIpc) is 3.00. The Morgan fingerprint density at radius 2 is 2.29 bits per heavy atom. The fourth-order valence-electron chi connectivity index (χ4n) is 3.83. The van der Waals surface area contributed by atoms with E-state index >= 15 is 0 Å². The van der Waals surface area contributed by atoms with Crippen LogP contribution in [-0.4, -0.2) is 40.7 Å². The Labute approximate surface area is 123 Å². The van der Waals surface area contributed by atoms with Gasteiger partial charge in [-0.2, -0.15) is 0 Å². The van der Waals surface area contributed by atoms with Crippen LogP contribution >= 0.6 is 0 Å². The van der Waals surface area contributed by atoms with Gasteiger partial charge in [0.1, 0.15) is 11.6 Å². The number of aliphatic hydroxyl groups is 1. The number of aromatic hydroxyl groups is 1. The molecule has 2 fully saturated rings. The molecular formula is C16H20FNO3. The summed E-state index contributed by atoms with van der Waals surface area (Å²) in [5, 5.41) is 19.4. The number of phenols is 1. The molecule has 4 nitrogen and oxygen atoms in total. The van der Waals surface area contributed by atoms with Gasteiger partial charge in [0, 0.05) is 24.1 Å². The van der Waals surface area contributed by atoms with Crippen molar-refractivity contribution in [3.8, 4) is 5.75 Å². The van der Waals surface area contributed by atoms with Gasteiger partial charge in [-0.1, -0.05) is 6.42 Å². The van der Waals surface area contributed by atoms with E-state index in [0.29, 0.717) is 24.6 Å². The second kappa shape index (κ2) is 5.30. The maximum atomic E-state index is 13.2. The summed E-state index contributed by atoms with van der Waals surface area (Å²) in [6.45, 7) is 1.35.